The number of hydrogen-bond donors (Lipinski definition) is 3. The summed E-state index contributed by atoms with van der Waals surface area (Å²) in [4.78, 5) is 26.2. The van der Waals surface area contributed by atoms with Crippen molar-refractivity contribution in [1.29, 1.82) is 0 Å². The molecule has 1 atom stereocenters. The summed E-state index contributed by atoms with van der Waals surface area (Å²) < 4.78 is 15.0. The third-order valence-corrected chi connectivity index (χ3v) is 5.94. The van der Waals surface area contributed by atoms with Gasteiger partial charge >= 0.3 is 0 Å². The van der Waals surface area contributed by atoms with Crippen LogP contribution in [0, 0.1) is 11.2 Å². The Morgan fingerprint density at radius 2 is 1.82 bits per heavy atom. The van der Waals surface area contributed by atoms with Crippen LogP contribution in [0.1, 0.15) is 49.7 Å². The molecule has 3 N–H and O–H groups in total. The molecule has 0 unspecified atom stereocenters. The van der Waals surface area contributed by atoms with Crippen LogP contribution in [0.3, 0.4) is 0 Å². The van der Waals surface area contributed by atoms with Gasteiger partial charge in [-0.15, -0.1) is 0 Å². The predicted octanol–water partition coefficient (Wildman–Crippen LogP) is 3.01. The number of nitrogens with zero attached hydrogens (tertiary/aromatic N) is 2. The van der Waals surface area contributed by atoms with Crippen LogP contribution < -0.4 is 10.6 Å². The molecule has 2 aromatic carbocycles. The number of carbonyl (C=O) groups is 2. The van der Waals surface area contributed by atoms with Crippen molar-refractivity contribution in [2.45, 2.75) is 51.8 Å². The number of benzene rings is 2. The summed E-state index contributed by atoms with van der Waals surface area (Å²) in [5.41, 5.74) is 0.451. The summed E-state index contributed by atoms with van der Waals surface area (Å²) >= 11 is 0. The maximum absolute atomic E-state index is 13.3. The number of rotatable bonds is 7. The molecular weight excluding hydrogens is 423 g/mol. The Bertz CT molecular complexity index is 1180. The molecule has 1 fully saturated rings. The lowest BCUT2D eigenvalue weighted by Crippen LogP contribution is -2.54. The van der Waals surface area contributed by atoms with Crippen LogP contribution in [0.25, 0.3) is 10.9 Å². The number of amides is 2. The van der Waals surface area contributed by atoms with E-state index in [1.807, 2.05) is 45.0 Å². The maximum atomic E-state index is 13.3. The number of para-hydroxylation sites is 1. The Morgan fingerprint density at radius 3 is 2.45 bits per heavy atom. The maximum Gasteiger partial charge on any atom is 0.273 e. The highest BCUT2D eigenvalue weighted by atomic mass is 19.1. The van der Waals surface area contributed by atoms with E-state index in [0.717, 1.165) is 11.1 Å². The average molecular weight is 453 g/mol. The monoisotopic (exact) mass is 452 g/mol. The molecule has 8 heteroatoms. The molecule has 7 nitrogen and oxygen atoms in total. The molecule has 1 aliphatic rings. The molecule has 1 heterocycles. The molecule has 0 aliphatic heterocycles. The summed E-state index contributed by atoms with van der Waals surface area (Å²) in [7, 11) is 0. The fourth-order valence-electron chi connectivity index (χ4n) is 3.73. The van der Waals surface area contributed by atoms with Gasteiger partial charge in [0, 0.05) is 11.9 Å². The predicted molar refractivity (Wildman–Crippen MR) is 123 cm³/mol. The first-order valence-corrected chi connectivity index (χ1v) is 11.1. The second-order valence-corrected chi connectivity index (χ2v) is 9.86. The van der Waals surface area contributed by atoms with Gasteiger partial charge in [-0.1, -0.05) is 51.1 Å². The third kappa shape index (κ3) is 5.22. The molecule has 0 spiro atoms. The number of aromatic nitrogens is 2. The second-order valence-electron chi connectivity index (χ2n) is 9.86. The lowest BCUT2D eigenvalue weighted by molar-refractivity contribution is -0.126. The highest BCUT2D eigenvalue weighted by Crippen LogP contribution is 2.34. The largest absolute Gasteiger partial charge is 0.388 e. The van der Waals surface area contributed by atoms with Crippen LogP contribution in [0.15, 0.2) is 48.5 Å². The molecule has 3 aromatic rings. The van der Waals surface area contributed by atoms with Crippen LogP contribution in [0.5, 0.6) is 0 Å². The Kier molecular flexibility index (Phi) is 5.97. The van der Waals surface area contributed by atoms with Crippen LogP contribution in [-0.2, 0) is 11.3 Å². The standard InChI is InChI=1S/C25H29FN4O3/c1-24(2,3)21(23(32)27-15-25(33)12-13-25)28-22(31)20-18-6-4-5-7-19(18)30(29-20)14-16-8-10-17(26)11-9-16/h4-11,21,33H,12-15H2,1-3H3,(H,27,32)(H,28,31)/t21-/m1/s1. The van der Waals surface area contributed by atoms with Crippen molar-refractivity contribution in [3.05, 3.63) is 65.6 Å². The van der Waals surface area contributed by atoms with Gasteiger partial charge < -0.3 is 15.7 Å². The first-order chi connectivity index (χ1) is 15.6. The van der Waals surface area contributed by atoms with Crippen molar-refractivity contribution in [2.24, 2.45) is 5.41 Å². The minimum atomic E-state index is -0.822. The van der Waals surface area contributed by atoms with E-state index in [1.54, 1.807) is 16.8 Å². The zero-order valence-corrected chi connectivity index (χ0v) is 19.1. The first-order valence-electron chi connectivity index (χ1n) is 11.1. The Labute approximate surface area is 192 Å². The number of halogens is 1. The van der Waals surface area contributed by atoms with E-state index >= 15 is 0 Å². The van der Waals surface area contributed by atoms with Crippen molar-refractivity contribution in [2.75, 3.05) is 6.54 Å². The minimum Gasteiger partial charge on any atom is -0.388 e. The van der Waals surface area contributed by atoms with Crippen molar-refractivity contribution in [3.63, 3.8) is 0 Å². The third-order valence-electron chi connectivity index (χ3n) is 5.94. The van der Waals surface area contributed by atoms with Crippen LogP contribution in [0.4, 0.5) is 4.39 Å². The van der Waals surface area contributed by atoms with Crippen LogP contribution in [0.2, 0.25) is 0 Å². The summed E-state index contributed by atoms with van der Waals surface area (Å²) in [5.74, 6) is -1.11. The van der Waals surface area contributed by atoms with E-state index in [0.29, 0.717) is 24.8 Å². The van der Waals surface area contributed by atoms with E-state index in [-0.39, 0.29) is 24.0 Å². The Hall–Kier alpha value is -3.26. The van der Waals surface area contributed by atoms with Gasteiger partial charge in [0.1, 0.15) is 11.9 Å². The van der Waals surface area contributed by atoms with Crippen LogP contribution >= 0.6 is 0 Å². The van der Waals surface area contributed by atoms with Gasteiger partial charge in [-0.05, 0) is 42.0 Å². The van der Waals surface area contributed by atoms with Crippen molar-refractivity contribution in [1.82, 2.24) is 20.4 Å². The summed E-state index contributed by atoms with van der Waals surface area (Å²) in [5, 5.41) is 20.9. The zero-order valence-electron chi connectivity index (χ0n) is 19.1. The van der Waals surface area contributed by atoms with Gasteiger partial charge in [-0.25, -0.2) is 4.39 Å². The van der Waals surface area contributed by atoms with E-state index in [2.05, 4.69) is 15.7 Å². The number of fused-ring (bicyclic) bond motifs is 1. The fraction of sp³-hybridized carbons (Fsp3) is 0.400. The van der Waals surface area contributed by atoms with Gasteiger partial charge in [0.05, 0.1) is 17.7 Å². The highest BCUT2D eigenvalue weighted by Gasteiger charge is 2.42. The zero-order chi connectivity index (χ0) is 23.8. The van der Waals surface area contributed by atoms with Gasteiger partial charge in [-0.3, -0.25) is 14.3 Å². The SMILES string of the molecule is CC(C)(C)[C@H](NC(=O)c1nn(Cc2ccc(F)cc2)c2ccccc12)C(=O)NCC1(O)CC1. The van der Waals surface area contributed by atoms with Gasteiger partial charge in [-0.2, -0.15) is 5.10 Å². The average Bonchev–Trinajstić information content (AvgIpc) is 3.40. The molecular formula is C25H29FN4O3. The lowest BCUT2D eigenvalue weighted by atomic mass is 9.86. The van der Waals surface area contributed by atoms with E-state index in [4.69, 9.17) is 0 Å². The molecule has 1 aromatic heterocycles. The Balaban J connectivity index is 1.58. The number of aliphatic hydroxyl groups is 1. The molecule has 1 saturated carbocycles. The minimum absolute atomic E-state index is 0.170. The lowest BCUT2D eigenvalue weighted by Gasteiger charge is -2.30. The summed E-state index contributed by atoms with van der Waals surface area (Å²) in [6.07, 6.45) is 1.33. The van der Waals surface area contributed by atoms with Gasteiger partial charge in [0.2, 0.25) is 5.91 Å². The smallest absolute Gasteiger partial charge is 0.273 e. The highest BCUT2D eigenvalue weighted by molar-refractivity contribution is 6.06. The molecule has 0 radical (unpaired) electrons. The number of carbonyl (C=O) groups excluding carboxylic acids is 2. The quantitative estimate of drug-likeness (QED) is 0.514. The van der Waals surface area contributed by atoms with E-state index < -0.39 is 23.0 Å². The molecule has 174 valence electrons. The molecule has 0 bridgehead atoms. The number of nitrogens with one attached hydrogen (secondary N) is 2. The molecule has 2 amide bonds. The molecule has 33 heavy (non-hydrogen) atoms. The number of hydrogen-bond acceptors (Lipinski definition) is 4. The van der Waals surface area contributed by atoms with Crippen molar-refractivity contribution >= 4 is 22.7 Å². The summed E-state index contributed by atoms with van der Waals surface area (Å²) in [6.45, 7) is 6.15. The van der Waals surface area contributed by atoms with Crippen LogP contribution in [-0.4, -0.2) is 44.9 Å². The van der Waals surface area contributed by atoms with E-state index in [9.17, 15) is 19.1 Å². The van der Waals surface area contributed by atoms with Gasteiger partial charge in [0.15, 0.2) is 5.69 Å². The molecule has 4 rings (SSSR count). The molecule has 1 aliphatic carbocycles. The fourth-order valence-corrected chi connectivity index (χ4v) is 3.73. The topological polar surface area (TPSA) is 96.2 Å². The molecule has 0 saturated heterocycles. The first kappa shape index (κ1) is 22.9. The van der Waals surface area contributed by atoms with E-state index in [1.165, 1.54) is 12.1 Å². The van der Waals surface area contributed by atoms with Crippen molar-refractivity contribution in [3.8, 4) is 0 Å². The summed E-state index contributed by atoms with van der Waals surface area (Å²) in [6, 6.07) is 12.7. The second kappa shape index (κ2) is 8.59. The Morgan fingerprint density at radius 1 is 1.15 bits per heavy atom. The van der Waals surface area contributed by atoms with Gasteiger partial charge in [0.25, 0.3) is 5.91 Å². The normalized spacial score (nSPS) is 15.8. The van der Waals surface area contributed by atoms with Crippen molar-refractivity contribution < 1.29 is 19.1 Å².